The zero-order valence-electron chi connectivity index (χ0n) is 9.67. The number of nitrogens with zero attached hydrogens (tertiary/aromatic N) is 2. The van der Waals surface area contributed by atoms with Gasteiger partial charge in [-0.25, -0.2) is 4.98 Å². The van der Waals surface area contributed by atoms with Crippen molar-refractivity contribution < 1.29 is 0 Å². The molecule has 1 aromatic heterocycles. The lowest BCUT2D eigenvalue weighted by Crippen LogP contribution is -2.09. The molecule has 2 N–H and O–H groups in total. The zero-order valence-corrected chi connectivity index (χ0v) is 9.67. The molecule has 0 saturated carbocycles. The Morgan fingerprint density at radius 2 is 2.07 bits per heavy atom. The van der Waals surface area contributed by atoms with Gasteiger partial charge in [-0.2, -0.15) is 0 Å². The van der Waals surface area contributed by atoms with Crippen LogP contribution in [-0.4, -0.2) is 9.55 Å². The summed E-state index contributed by atoms with van der Waals surface area (Å²) in [6.45, 7) is 9.53. The first-order valence-electron chi connectivity index (χ1n) is 5.37. The highest BCUT2D eigenvalue weighted by molar-refractivity contribution is 5.38. The molecule has 0 bridgehead atoms. The van der Waals surface area contributed by atoms with E-state index in [0.29, 0.717) is 5.92 Å². The van der Waals surface area contributed by atoms with Crippen LogP contribution in [-0.2, 0) is 13.0 Å². The minimum Gasteiger partial charge on any atom is -0.384 e. The van der Waals surface area contributed by atoms with Crippen molar-refractivity contribution in [3.05, 3.63) is 11.5 Å². The van der Waals surface area contributed by atoms with Crippen LogP contribution in [0, 0.1) is 12.8 Å². The van der Waals surface area contributed by atoms with Gasteiger partial charge < -0.3 is 10.3 Å². The first-order valence-corrected chi connectivity index (χ1v) is 5.37. The molecule has 0 unspecified atom stereocenters. The second kappa shape index (κ2) is 4.49. The number of aromatic nitrogens is 2. The summed E-state index contributed by atoms with van der Waals surface area (Å²) in [5.74, 6) is 2.51. The minimum absolute atomic E-state index is 0.611. The average Bonchev–Trinajstić information content (AvgIpc) is 2.33. The second-order valence-corrected chi connectivity index (χ2v) is 4.25. The third kappa shape index (κ3) is 2.28. The molecule has 0 aromatic carbocycles. The van der Waals surface area contributed by atoms with Gasteiger partial charge in [-0.15, -0.1) is 0 Å². The van der Waals surface area contributed by atoms with E-state index >= 15 is 0 Å². The fraction of sp³-hybridized carbons (Fsp3) is 0.727. The molecule has 3 heteroatoms. The van der Waals surface area contributed by atoms with Crippen LogP contribution in [0.15, 0.2) is 0 Å². The summed E-state index contributed by atoms with van der Waals surface area (Å²) < 4.78 is 2.12. The summed E-state index contributed by atoms with van der Waals surface area (Å²) in [5.41, 5.74) is 7.10. The van der Waals surface area contributed by atoms with E-state index in [1.54, 1.807) is 0 Å². The lowest BCUT2D eigenvalue weighted by molar-refractivity contribution is 0.518. The van der Waals surface area contributed by atoms with E-state index in [0.717, 1.165) is 36.7 Å². The van der Waals surface area contributed by atoms with Gasteiger partial charge in [-0.05, 0) is 19.3 Å². The number of nitrogen functional groups attached to an aromatic ring is 1. The predicted octanol–water partition coefficient (Wildman–Crippen LogP) is 2.38. The molecule has 0 amide bonds. The molecule has 0 fully saturated rings. The van der Waals surface area contributed by atoms with E-state index in [4.69, 9.17) is 5.73 Å². The Kier molecular flexibility index (Phi) is 3.55. The maximum absolute atomic E-state index is 6.04. The molecular formula is C11H21N3. The molecule has 0 aliphatic heterocycles. The molecule has 0 atom stereocenters. The molecular weight excluding hydrogens is 174 g/mol. The topological polar surface area (TPSA) is 43.8 Å². The molecule has 0 spiro atoms. The van der Waals surface area contributed by atoms with Gasteiger partial charge in [0, 0.05) is 6.54 Å². The number of anilines is 1. The molecule has 1 aromatic rings. The van der Waals surface area contributed by atoms with Crippen LogP contribution in [0.4, 0.5) is 5.82 Å². The van der Waals surface area contributed by atoms with Gasteiger partial charge in [0.1, 0.15) is 11.6 Å². The standard InChI is InChI=1S/C11H21N3/c1-5-6-10-11(12)14(7-8(2)3)9(4)13-10/h8H,5-7,12H2,1-4H3. The van der Waals surface area contributed by atoms with E-state index in [1.165, 1.54) is 0 Å². The highest BCUT2D eigenvalue weighted by atomic mass is 15.1. The molecule has 1 rings (SSSR count). The normalized spacial score (nSPS) is 11.2. The largest absolute Gasteiger partial charge is 0.384 e. The number of imidazole rings is 1. The summed E-state index contributed by atoms with van der Waals surface area (Å²) in [6, 6.07) is 0. The Labute approximate surface area is 86.3 Å². The Morgan fingerprint density at radius 1 is 1.43 bits per heavy atom. The van der Waals surface area contributed by atoms with Crippen LogP contribution in [0.1, 0.15) is 38.7 Å². The average molecular weight is 195 g/mol. The SMILES string of the molecule is CCCc1nc(C)n(CC(C)C)c1N. The molecule has 3 nitrogen and oxygen atoms in total. The van der Waals surface area contributed by atoms with Crippen LogP contribution in [0.5, 0.6) is 0 Å². The molecule has 0 aliphatic carbocycles. The lowest BCUT2D eigenvalue weighted by atomic mass is 10.2. The Hall–Kier alpha value is -0.990. The number of hydrogen-bond donors (Lipinski definition) is 1. The lowest BCUT2D eigenvalue weighted by Gasteiger charge is -2.10. The molecule has 14 heavy (non-hydrogen) atoms. The molecule has 0 radical (unpaired) electrons. The van der Waals surface area contributed by atoms with Gasteiger partial charge >= 0.3 is 0 Å². The monoisotopic (exact) mass is 195 g/mol. The molecule has 80 valence electrons. The van der Waals surface area contributed by atoms with Gasteiger partial charge in [-0.3, -0.25) is 0 Å². The van der Waals surface area contributed by atoms with Crippen LogP contribution in [0.25, 0.3) is 0 Å². The van der Waals surface area contributed by atoms with Crippen molar-refractivity contribution in [1.29, 1.82) is 0 Å². The number of nitrogens with two attached hydrogens (primary N) is 1. The highest BCUT2D eigenvalue weighted by Gasteiger charge is 2.11. The van der Waals surface area contributed by atoms with E-state index in [2.05, 4.69) is 30.3 Å². The number of hydrogen-bond acceptors (Lipinski definition) is 2. The van der Waals surface area contributed by atoms with Gasteiger partial charge in [0.05, 0.1) is 5.69 Å². The van der Waals surface area contributed by atoms with Crippen molar-refractivity contribution in [3.8, 4) is 0 Å². The van der Waals surface area contributed by atoms with Crippen molar-refractivity contribution in [2.24, 2.45) is 5.92 Å². The number of rotatable bonds is 4. The van der Waals surface area contributed by atoms with Crippen molar-refractivity contribution >= 4 is 5.82 Å². The van der Waals surface area contributed by atoms with E-state index < -0.39 is 0 Å². The number of aryl methyl sites for hydroxylation is 2. The second-order valence-electron chi connectivity index (χ2n) is 4.25. The van der Waals surface area contributed by atoms with Gasteiger partial charge in [-0.1, -0.05) is 27.2 Å². The summed E-state index contributed by atoms with van der Waals surface area (Å²) >= 11 is 0. The summed E-state index contributed by atoms with van der Waals surface area (Å²) in [4.78, 5) is 4.49. The predicted molar refractivity (Wildman–Crippen MR) is 60.2 cm³/mol. The van der Waals surface area contributed by atoms with Crippen LogP contribution < -0.4 is 5.73 Å². The van der Waals surface area contributed by atoms with Crippen molar-refractivity contribution in [3.63, 3.8) is 0 Å². The zero-order chi connectivity index (χ0) is 10.7. The van der Waals surface area contributed by atoms with Crippen LogP contribution in [0.2, 0.25) is 0 Å². The first kappa shape index (κ1) is 11.1. The summed E-state index contributed by atoms with van der Waals surface area (Å²) in [6.07, 6.45) is 2.08. The highest BCUT2D eigenvalue weighted by Crippen LogP contribution is 2.17. The smallest absolute Gasteiger partial charge is 0.126 e. The van der Waals surface area contributed by atoms with E-state index in [-0.39, 0.29) is 0 Å². The van der Waals surface area contributed by atoms with Crippen molar-refractivity contribution in [2.75, 3.05) is 5.73 Å². The van der Waals surface area contributed by atoms with Crippen molar-refractivity contribution in [2.45, 2.75) is 47.1 Å². The maximum Gasteiger partial charge on any atom is 0.126 e. The maximum atomic E-state index is 6.04. The summed E-state index contributed by atoms with van der Waals surface area (Å²) in [5, 5.41) is 0. The Balaban J connectivity index is 2.92. The van der Waals surface area contributed by atoms with Gasteiger partial charge in [0.2, 0.25) is 0 Å². The Bertz CT molecular complexity index is 300. The first-order chi connectivity index (χ1) is 6.56. The van der Waals surface area contributed by atoms with E-state index in [1.807, 2.05) is 6.92 Å². The summed E-state index contributed by atoms with van der Waals surface area (Å²) in [7, 11) is 0. The van der Waals surface area contributed by atoms with E-state index in [9.17, 15) is 0 Å². The fourth-order valence-corrected chi connectivity index (χ4v) is 1.66. The molecule has 0 saturated heterocycles. The third-order valence-corrected chi connectivity index (χ3v) is 2.31. The van der Waals surface area contributed by atoms with Crippen LogP contribution >= 0.6 is 0 Å². The van der Waals surface area contributed by atoms with Gasteiger partial charge in [0.25, 0.3) is 0 Å². The van der Waals surface area contributed by atoms with Crippen LogP contribution in [0.3, 0.4) is 0 Å². The van der Waals surface area contributed by atoms with Crippen molar-refractivity contribution in [1.82, 2.24) is 9.55 Å². The Morgan fingerprint density at radius 3 is 2.57 bits per heavy atom. The quantitative estimate of drug-likeness (QED) is 0.801. The minimum atomic E-state index is 0.611. The fourth-order valence-electron chi connectivity index (χ4n) is 1.66. The molecule has 1 heterocycles. The molecule has 0 aliphatic rings. The third-order valence-electron chi connectivity index (χ3n) is 2.31. The van der Waals surface area contributed by atoms with Gasteiger partial charge in [0.15, 0.2) is 0 Å².